The number of rotatable bonds is 11. The van der Waals surface area contributed by atoms with Crippen molar-refractivity contribution in [1.82, 2.24) is 10.4 Å². The minimum atomic E-state index is -0.539. The molecule has 1 aromatic heterocycles. The topological polar surface area (TPSA) is 125 Å². The number of nitrogens with zero attached hydrogens (tertiary/aromatic N) is 1. The smallest absolute Gasteiger partial charge is 0.284 e. The first-order chi connectivity index (χ1) is 17.4. The molecule has 196 valence electrons. The molecule has 1 aromatic carbocycles. The number of likely N-dealkylation sites (tertiary alicyclic amines) is 1. The van der Waals surface area contributed by atoms with Crippen molar-refractivity contribution in [1.29, 1.82) is 0 Å². The van der Waals surface area contributed by atoms with Crippen molar-refractivity contribution in [2.75, 3.05) is 25.0 Å². The second-order valence-electron chi connectivity index (χ2n) is 8.81. The maximum Gasteiger partial charge on any atom is 0.284 e. The van der Waals surface area contributed by atoms with Gasteiger partial charge >= 0.3 is 0 Å². The number of allylic oxidation sites excluding steroid dienone is 3. The van der Waals surface area contributed by atoms with Gasteiger partial charge in [-0.2, -0.15) is 0 Å². The second-order valence-corrected chi connectivity index (χ2v) is 9.89. The fourth-order valence-electron chi connectivity index (χ4n) is 3.92. The lowest BCUT2D eigenvalue weighted by molar-refractivity contribution is -0.118. The molecule has 3 rings (SSSR count). The number of fused-ring (bicyclic) bond motifs is 1. The maximum atomic E-state index is 12.1. The number of carbonyl (C=O) groups excluding carboxylic acids is 3. The first-order valence-corrected chi connectivity index (χ1v) is 13.2. The average Bonchev–Trinajstić information content (AvgIpc) is 3.31. The number of benzene rings is 1. The SMILES string of the molecule is C=CC(C/C=C\C)CCC(=O)Nc1ccc2sc(C(=O)NO)cc2c1.NC(=O)CCN1CCCCC1. The van der Waals surface area contributed by atoms with Gasteiger partial charge in [-0.1, -0.05) is 24.6 Å². The molecule has 2 heterocycles. The van der Waals surface area contributed by atoms with E-state index < -0.39 is 5.91 Å². The van der Waals surface area contributed by atoms with Crippen LogP contribution in [0.2, 0.25) is 0 Å². The molecular weight excluding hydrogens is 476 g/mol. The molecule has 1 aliphatic rings. The number of hydroxylamine groups is 1. The number of piperidine rings is 1. The van der Waals surface area contributed by atoms with Gasteiger partial charge in [0.05, 0.1) is 4.88 Å². The zero-order chi connectivity index (χ0) is 26.3. The van der Waals surface area contributed by atoms with Crippen LogP contribution in [0, 0.1) is 5.92 Å². The predicted octanol–water partition coefficient (Wildman–Crippen LogP) is 4.86. The average molecular weight is 515 g/mol. The van der Waals surface area contributed by atoms with E-state index in [0.29, 0.717) is 29.3 Å². The number of nitrogens with one attached hydrogen (secondary N) is 2. The van der Waals surface area contributed by atoms with Gasteiger partial charge in [-0.15, -0.1) is 17.9 Å². The van der Waals surface area contributed by atoms with Gasteiger partial charge in [0.2, 0.25) is 11.8 Å². The zero-order valence-electron chi connectivity index (χ0n) is 21.0. The Morgan fingerprint density at radius 1 is 1.19 bits per heavy atom. The third kappa shape index (κ3) is 10.3. The first kappa shape index (κ1) is 29.2. The lowest BCUT2D eigenvalue weighted by Gasteiger charge is -2.25. The molecule has 0 radical (unpaired) electrons. The van der Waals surface area contributed by atoms with Crippen LogP contribution in [0.4, 0.5) is 5.69 Å². The summed E-state index contributed by atoms with van der Waals surface area (Å²) < 4.78 is 0.912. The number of nitrogens with two attached hydrogens (primary N) is 1. The number of hydrogen-bond donors (Lipinski definition) is 4. The molecule has 5 N–H and O–H groups in total. The quantitative estimate of drug-likeness (QED) is 0.194. The van der Waals surface area contributed by atoms with E-state index in [0.717, 1.165) is 42.6 Å². The Labute approximate surface area is 217 Å². The summed E-state index contributed by atoms with van der Waals surface area (Å²) in [6.07, 6.45) is 12.4. The van der Waals surface area contributed by atoms with Crippen LogP contribution in [0.15, 0.2) is 49.1 Å². The van der Waals surface area contributed by atoms with Crippen LogP contribution >= 0.6 is 11.3 Å². The minimum absolute atomic E-state index is 0.0461. The Bertz CT molecular complexity index is 1040. The lowest BCUT2D eigenvalue weighted by atomic mass is 9.99. The fraction of sp³-hybridized carbons (Fsp3) is 0.444. The molecule has 1 saturated heterocycles. The van der Waals surface area contributed by atoms with Gasteiger partial charge in [-0.3, -0.25) is 19.6 Å². The summed E-state index contributed by atoms with van der Waals surface area (Å²) in [5.41, 5.74) is 7.36. The third-order valence-corrected chi connectivity index (χ3v) is 7.11. The first-order valence-electron chi connectivity index (χ1n) is 12.4. The number of primary amides is 1. The Hall–Kier alpha value is -3.01. The standard InChI is InChI=1S/C19H22N2O3S.C8H16N2O/c1-3-5-6-13(4-2)7-10-18(22)20-15-8-9-16-14(11-15)12-17(25-16)19(23)21-24;9-8(11)4-7-10-5-2-1-3-6-10/h3-5,8-9,11-13,24H,2,6-7,10H2,1H3,(H,20,22)(H,21,23);1-7H2,(H2,9,11)/b5-3-;. The highest BCUT2D eigenvalue weighted by Gasteiger charge is 2.12. The summed E-state index contributed by atoms with van der Waals surface area (Å²) in [6.45, 7) is 8.94. The molecule has 0 spiro atoms. The number of anilines is 1. The molecule has 1 atom stereocenters. The van der Waals surface area contributed by atoms with E-state index >= 15 is 0 Å². The van der Waals surface area contributed by atoms with Crippen molar-refractivity contribution in [2.45, 2.75) is 51.9 Å². The highest BCUT2D eigenvalue weighted by Crippen LogP contribution is 2.28. The third-order valence-electron chi connectivity index (χ3n) is 6.00. The predicted molar refractivity (Wildman–Crippen MR) is 146 cm³/mol. The van der Waals surface area contributed by atoms with Crippen molar-refractivity contribution in [2.24, 2.45) is 11.7 Å². The van der Waals surface area contributed by atoms with Crippen LogP contribution < -0.4 is 16.5 Å². The molecular formula is C27H38N4O4S. The minimum Gasteiger partial charge on any atom is -0.370 e. The highest BCUT2D eigenvalue weighted by molar-refractivity contribution is 7.20. The number of thiophene rings is 1. The van der Waals surface area contributed by atoms with Gasteiger partial charge in [0, 0.05) is 29.8 Å². The number of carbonyl (C=O) groups is 3. The molecule has 1 unspecified atom stereocenters. The monoisotopic (exact) mass is 514 g/mol. The van der Waals surface area contributed by atoms with Gasteiger partial charge in [0.1, 0.15) is 0 Å². The lowest BCUT2D eigenvalue weighted by Crippen LogP contribution is -2.32. The molecule has 36 heavy (non-hydrogen) atoms. The van der Waals surface area contributed by atoms with Crippen molar-refractivity contribution in [3.8, 4) is 0 Å². The fourth-order valence-corrected chi connectivity index (χ4v) is 4.86. The van der Waals surface area contributed by atoms with Gasteiger partial charge in [-0.25, -0.2) is 5.48 Å². The molecule has 1 aliphatic heterocycles. The summed E-state index contributed by atoms with van der Waals surface area (Å²) in [5, 5.41) is 12.4. The van der Waals surface area contributed by atoms with E-state index in [4.69, 9.17) is 10.9 Å². The number of amides is 3. The Morgan fingerprint density at radius 2 is 1.94 bits per heavy atom. The van der Waals surface area contributed by atoms with Gasteiger partial charge in [-0.05, 0) is 81.3 Å². The van der Waals surface area contributed by atoms with Crippen molar-refractivity contribution in [3.63, 3.8) is 0 Å². The normalized spacial score (nSPS) is 14.6. The number of hydrogen-bond acceptors (Lipinski definition) is 6. The Balaban J connectivity index is 0.000000346. The largest absolute Gasteiger partial charge is 0.370 e. The summed E-state index contributed by atoms with van der Waals surface area (Å²) in [6, 6.07) is 7.17. The molecule has 0 saturated carbocycles. The summed E-state index contributed by atoms with van der Waals surface area (Å²) in [5.74, 6) is -0.477. The molecule has 1 fully saturated rings. The van der Waals surface area contributed by atoms with E-state index in [9.17, 15) is 14.4 Å². The van der Waals surface area contributed by atoms with Crippen molar-refractivity contribution >= 4 is 44.8 Å². The molecule has 0 bridgehead atoms. The van der Waals surface area contributed by atoms with Crippen LogP contribution in [0.3, 0.4) is 0 Å². The van der Waals surface area contributed by atoms with Crippen molar-refractivity contribution in [3.05, 3.63) is 53.9 Å². The molecule has 0 aliphatic carbocycles. The van der Waals surface area contributed by atoms with Crippen LogP contribution in [0.1, 0.15) is 61.5 Å². The van der Waals surface area contributed by atoms with E-state index in [1.54, 1.807) is 11.5 Å². The molecule has 8 nitrogen and oxygen atoms in total. The highest BCUT2D eigenvalue weighted by atomic mass is 32.1. The van der Waals surface area contributed by atoms with Crippen LogP contribution in [-0.2, 0) is 9.59 Å². The second kappa shape index (κ2) is 15.9. The van der Waals surface area contributed by atoms with Crippen LogP contribution in [0.5, 0.6) is 0 Å². The van der Waals surface area contributed by atoms with Crippen LogP contribution in [-0.4, -0.2) is 47.5 Å². The Morgan fingerprint density at radius 3 is 2.58 bits per heavy atom. The summed E-state index contributed by atoms with van der Waals surface area (Å²) in [7, 11) is 0. The van der Waals surface area contributed by atoms with Crippen LogP contribution in [0.25, 0.3) is 10.1 Å². The molecule has 2 aromatic rings. The Kier molecular flexibility index (Phi) is 12.9. The van der Waals surface area contributed by atoms with Gasteiger partial charge < -0.3 is 16.0 Å². The zero-order valence-corrected chi connectivity index (χ0v) is 21.8. The molecule has 9 heteroatoms. The summed E-state index contributed by atoms with van der Waals surface area (Å²) in [4.78, 5) is 36.8. The van der Waals surface area contributed by atoms with E-state index in [1.165, 1.54) is 30.6 Å². The van der Waals surface area contributed by atoms with Crippen molar-refractivity contribution < 1.29 is 19.6 Å². The molecule has 3 amide bonds. The summed E-state index contributed by atoms with van der Waals surface area (Å²) >= 11 is 1.28. The van der Waals surface area contributed by atoms with Gasteiger partial charge in [0.15, 0.2) is 0 Å². The van der Waals surface area contributed by atoms with E-state index in [1.807, 2.05) is 37.3 Å². The van der Waals surface area contributed by atoms with E-state index in [-0.39, 0.29) is 11.8 Å². The maximum absolute atomic E-state index is 12.1. The van der Waals surface area contributed by atoms with Gasteiger partial charge in [0.25, 0.3) is 5.91 Å². The van der Waals surface area contributed by atoms with E-state index in [2.05, 4.69) is 22.9 Å².